The smallest absolute Gasteiger partial charge is 0.256 e. The van der Waals surface area contributed by atoms with Gasteiger partial charge in [0.05, 0.1) is 5.56 Å². The van der Waals surface area contributed by atoms with Crippen LogP contribution in [0.1, 0.15) is 36.5 Å². The van der Waals surface area contributed by atoms with Crippen molar-refractivity contribution in [2.45, 2.75) is 26.2 Å². The molecule has 1 aliphatic rings. The van der Waals surface area contributed by atoms with Gasteiger partial charge >= 0.3 is 0 Å². The first-order chi connectivity index (χ1) is 10.5. The van der Waals surface area contributed by atoms with Crippen LogP contribution in [0.25, 0.3) is 0 Å². The lowest BCUT2D eigenvalue weighted by Crippen LogP contribution is -2.41. The molecule has 0 spiro atoms. The van der Waals surface area contributed by atoms with Crippen LogP contribution in [0.15, 0.2) is 18.2 Å². The molecular formula is C16H22ClN3O2. The normalized spacial score (nSPS) is 18.1. The third-order valence-electron chi connectivity index (χ3n) is 3.88. The Morgan fingerprint density at radius 1 is 1.45 bits per heavy atom. The van der Waals surface area contributed by atoms with Gasteiger partial charge in [-0.1, -0.05) is 11.6 Å². The van der Waals surface area contributed by atoms with Gasteiger partial charge in [0, 0.05) is 36.8 Å². The molecule has 0 aliphatic carbocycles. The molecular weight excluding hydrogens is 302 g/mol. The van der Waals surface area contributed by atoms with Crippen LogP contribution in [0.4, 0.5) is 5.69 Å². The van der Waals surface area contributed by atoms with Crippen LogP contribution in [0.2, 0.25) is 5.02 Å². The molecule has 0 bridgehead atoms. The second-order valence-electron chi connectivity index (χ2n) is 5.65. The Morgan fingerprint density at radius 2 is 2.23 bits per heavy atom. The van der Waals surface area contributed by atoms with Gasteiger partial charge in [-0.2, -0.15) is 0 Å². The molecule has 22 heavy (non-hydrogen) atoms. The fraction of sp³-hybridized carbons (Fsp3) is 0.500. The second kappa shape index (κ2) is 7.49. The second-order valence-corrected chi connectivity index (χ2v) is 6.09. The van der Waals surface area contributed by atoms with Crippen molar-refractivity contribution < 1.29 is 9.59 Å². The maximum absolute atomic E-state index is 12.8. The zero-order valence-corrected chi connectivity index (χ0v) is 13.5. The van der Waals surface area contributed by atoms with E-state index in [2.05, 4.69) is 5.32 Å². The Hall–Kier alpha value is -1.75. The van der Waals surface area contributed by atoms with Crippen molar-refractivity contribution in [3.05, 3.63) is 28.8 Å². The highest BCUT2D eigenvalue weighted by Gasteiger charge is 2.26. The summed E-state index contributed by atoms with van der Waals surface area (Å²) in [5, 5.41) is 3.72. The number of carbonyl (C=O) groups is 2. The molecule has 0 radical (unpaired) electrons. The Kier molecular flexibility index (Phi) is 5.66. The Labute approximate surface area is 135 Å². The molecule has 2 rings (SSSR count). The monoisotopic (exact) mass is 323 g/mol. The lowest BCUT2D eigenvalue weighted by atomic mass is 9.94. The van der Waals surface area contributed by atoms with Gasteiger partial charge in [-0.3, -0.25) is 9.59 Å². The van der Waals surface area contributed by atoms with Crippen LogP contribution in [-0.4, -0.2) is 36.3 Å². The zero-order chi connectivity index (χ0) is 16.1. The number of nitrogens with one attached hydrogen (secondary N) is 1. The Balaban J connectivity index is 2.16. The number of rotatable bonds is 5. The summed E-state index contributed by atoms with van der Waals surface area (Å²) in [6.45, 7) is 3.98. The van der Waals surface area contributed by atoms with Crippen molar-refractivity contribution >= 4 is 29.1 Å². The average Bonchev–Trinajstić information content (AvgIpc) is 2.48. The van der Waals surface area contributed by atoms with Crippen molar-refractivity contribution in [2.24, 2.45) is 11.7 Å². The van der Waals surface area contributed by atoms with Gasteiger partial charge < -0.3 is 16.0 Å². The molecule has 1 heterocycles. The van der Waals surface area contributed by atoms with Crippen molar-refractivity contribution in [1.82, 2.24) is 4.90 Å². The number of carbonyl (C=O) groups excluding carboxylic acids is 2. The van der Waals surface area contributed by atoms with Gasteiger partial charge in [0.1, 0.15) is 0 Å². The Morgan fingerprint density at radius 3 is 2.91 bits per heavy atom. The lowest BCUT2D eigenvalue weighted by Gasteiger charge is -2.32. The van der Waals surface area contributed by atoms with Crippen molar-refractivity contribution in [3.63, 3.8) is 0 Å². The summed E-state index contributed by atoms with van der Waals surface area (Å²) < 4.78 is 0. The number of benzene rings is 1. The summed E-state index contributed by atoms with van der Waals surface area (Å²) in [5.74, 6) is -0.208. The minimum Gasteiger partial charge on any atom is -0.385 e. The number of nitrogens with zero attached hydrogens (tertiary/aromatic N) is 1. The summed E-state index contributed by atoms with van der Waals surface area (Å²) in [5.41, 5.74) is 6.63. The van der Waals surface area contributed by atoms with E-state index in [1.807, 2.05) is 13.0 Å². The van der Waals surface area contributed by atoms with E-state index < -0.39 is 0 Å². The van der Waals surface area contributed by atoms with Crippen molar-refractivity contribution in [3.8, 4) is 0 Å². The molecule has 1 saturated heterocycles. The number of primary amides is 1. The van der Waals surface area contributed by atoms with E-state index in [9.17, 15) is 9.59 Å². The van der Waals surface area contributed by atoms with E-state index in [-0.39, 0.29) is 17.7 Å². The molecule has 6 heteroatoms. The molecule has 1 aliphatic heterocycles. The minimum absolute atomic E-state index is 0.0485. The quantitative estimate of drug-likeness (QED) is 0.874. The third kappa shape index (κ3) is 4.13. The van der Waals surface area contributed by atoms with Gasteiger partial charge in [0.25, 0.3) is 5.91 Å². The molecule has 1 aromatic rings. The lowest BCUT2D eigenvalue weighted by molar-refractivity contribution is -0.119. The minimum atomic E-state index is -0.310. The summed E-state index contributed by atoms with van der Waals surface area (Å²) in [7, 11) is 0. The molecule has 1 aromatic carbocycles. The van der Waals surface area contributed by atoms with Crippen molar-refractivity contribution in [1.29, 1.82) is 0 Å². The maximum Gasteiger partial charge on any atom is 0.256 e. The highest BCUT2D eigenvalue weighted by Crippen LogP contribution is 2.26. The van der Waals surface area contributed by atoms with Gasteiger partial charge in [-0.15, -0.1) is 0 Å². The SMILES string of the molecule is CCNc1ccc(Cl)cc1C(=O)N1CCC[C@@H](CC(N)=O)C1. The van der Waals surface area contributed by atoms with E-state index in [4.69, 9.17) is 17.3 Å². The highest BCUT2D eigenvalue weighted by atomic mass is 35.5. The number of hydrogen-bond donors (Lipinski definition) is 2. The van der Waals surface area contributed by atoms with Crippen LogP contribution in [-0.2, 0) is 4.79 Å². The fourth-order valence-electron chi connectivity index (χ4n) is 2.91. The van der Waals surface area contributed by atoms with Crippen LogP contribution in [0.3, 0.4) is 0 Å². The largest absolute Gasteiger partial charge is 0.385 e. The van der Waals surface area contributed by atoms with Gasteiger partial charge in [-0.05, 0) is 43.9 Å². The standard InChI is InChI=1S/C16H22ClN3O2/c1-2-19-14-6-5-12(17)9-13(14)16(22)20-7-3-4-11(10-20)8-15(18)21/h5-6,9,11,19H,2-4,7-8,10H2,1H3,(H2,18,21)/t11-/m0/s1. The predicted molar refractivity (Wildman–Crippen MR) is 88.1 cm³/mol. The first kappa shape index (κ1) is 16.6. The van der Waals surface area contributed by atoms with E-state index in [1.165, 1.54) is 0 Å². The number of anilines is 1. The maximum atomic E-state index is 12.8. The number of hydrogen-bond acceptors (Lipinski definition) is 3. The molecule has 0 aromatic heterocycles. The van der Waals surface area contributed by atoms with Crippen LogP contribution >= 0.6 is 11.6 Å². The predicted octanol–water partition coefficient (Wildman–Crippen LogP) is 2.50. The van der Waals surface area contributed by atoms with E-state index in [0.29, 0.717) is 30.1 Å². The number of likely N-dealkylation sites (tertiary alicyclic amines) is 1. The van der Waals surface area contributed by atoms with Gasteiger partial charge in [0.15, 0.2) is 0 Å². The topological polar surface area (TPSA) is 75.4 Å². The molecule has 2 amide bonds. The molecule has 0 unspecified atom stereocenters. The van der Waals surface area contributed by atoms with Gasteiger partial charge in [0.2, 0.25) is 5.91 Å². The number of piperidine rings is 1. The van der Waals surface area contributed by atoms with E-state index in [1.54, 1.807) is 17.0 Å². The summed E-state index contributed by atoms with van der Waals surface area (Å²) in [6, 6.07) is 5.28. The van der Waals surface area contributed by atoms with E-state index >= 15 is 0 Å². The van der Waals surface area contributed by atoms with E-state index in [0.717, 1.165) is 25.1 Å². The molecule has 1 atom stereocenters. The summed E-state index contributed by atoms with van der Waals surface area (Å²) >= 11 is 6.04. The summed E-state index contributed by atoms with van der Waals surface area (Å²) in [4.78, 5) is 25.7. The average molecular weight is 324 g/mol. The molecule has 0 saturated carbocycles. The molecule has 1 fully saturated rings. The Bertz CT molecular complexity index is 562. The fourth-order valence-corrected chi connectivity index (χ4v) is 3.08. The van der Waals surface area contributed by atoms with Crippen LogP contribution in [0, 0.1) is 5.92 Å². The molecule has 120 valence electrons. The number of halogens is 1. The van der Waals surface area contributed by atoms with Gasteiger partial charge in [-0.25, -0.2) is 0 Å². The number of amides is 2. The molecule has 3 N–H and O–H groups in total. The van der Waals surface area contributed by atoms with Crippen LogP contribution < -0.4 is 11.1 Å². The third-order valence-corrected chi connectivity index (χ3v) is 4.11. The number of nitrogens with two attached hydrogens (primary N) is 1. The highest BCUT2D eigenvalue weighted by molar-refractivity contribution is 6.31. The van der Waals surface area contributed by atoms with Crippen LogP contribution in [0.5, 0.6) is 0 Å². The summed E-state index contributed by atoms with van der Waals surface area (Å²) in [6.07, 6.45) is 2.16. The first-order valence-corrected chi connectivity index (χ1v) is 8.00. The zero-order valence-electron chi connectivity index (χ0n) is 12.8. The molecule has 5 nitrogen and oxygen atoms in total. The van der Waals surface area contributed by atoms with Crippen molar-refractivity contribution in [2.75, 3.05) is 25.0 Å². The first-order valence-electron chi connectivity index (χ1n) is 7.62.